The third-order valence-corrected chi connectivity index (χ3v) is 2.90. The standard InChI is InChI=1S/C10H21NO.ClH/c1-11(2)8-10(9-12)6-4-3-5-7-10;/h12H,3-9H2,1-2H3;1H. The van der Waals surface area contributed by atoms with E-state index in [9.17, 15) is 5.11 Å². The van der Waals surface area contributed by atoms with Crippen molar-refractivity contribution in [1.29, 1.82) is 0 Å². The molecule has 1 aliphatic carbocycles. The highest BCUT2D eigenvalue weighted by atomic mass is 35.5. The van der Waals surface area contributed by atoms with Crippen LogP contribution in [0.5, 0.6) is 0 Å². The van der Waals surface area contributed by atoms with Gasteiger partial charge in [-0.1, -0.05) is 19.3 Å². The van der Waals surface area contributed by atoms with Gasteiger partial charge in [0.2, 0.25) is 0 Å². The summed E-state index contributed by atoms with van der Waals surface area (Å²) in [6.45, 7) is 1.41. The van der Waals surface area contributed by atoms with E-state index in [1.54, 1.807) is 0 Å². The third-order valence-electron chi connectivity index (χ3n) is 2.90. The van der Waals surface area contributed by atoms with E-state index in [2.05, 4.69) is 19.0 Å². The van der Waals surface area contributed by atoms with Crippen LogP contribution in [0.2, 0.25) is 0 Å². The minimum absolute atomic E-state index is 0. The van der Waals surface area contributed by atoms with Gasteiger partial charge in [0.25, 0.3) is 0 Å². The van der Waals surface area contributed by atoms with E-state index in [1.165, 1.54) is 32.1 Å². The van der Waals surface area contributed by atoms with E-state index in [4.69, 9.17) is 0 Å². The van der Waals surface area contributed by atoms with Gasteiger partial charge in [-0.3, -0.25) is 0 Å². The first-order chi connectivity index (χ1) is 5.68. The first-order valence-corrected chi connectivity index (χ1v) is 4.94. The molecule has 0 unspecified atom stereocenters. The molecule has 0 saturated heterocycles. The molecule has 1 fully saturated rings. The molecule has 0 spiro atoms. The van der Waals surface area contributed by atoms with Crippen LogP contribution in [0.1, 0.15) is 32.1 Å². The number of nitrogens with zero attached hydrogens (tertiary/aromatic N) is 1. The van der Waals surface area contributed by atoms with E-state index in [0.29, 0.717) is 6.61 Å². The maximum absolute atomic E-state index is 9.36. The van der Waals surface area contributed by atoms with Gasteiger partial charge in [0.1, 0.15) is 0 Å². The summed E-state index contributed by atoms with van der Waals surface area (Å²) in [5.41, 5.74) is 0.224. The van der Waals surface area contributed by atoms with E-state index in [-0.39, 0.29) is 17.8 Å². The van der Waals surface area contributed by atoms with Crippen LogP contribution in [0.3, 0.4) is 0 Å². The van der Waals surface area contributed by atoms with Crippen molar-refractivity contribution in [1.82, 2.24) is 4.90 Å². The van der Waals surface area contributed by atoms with Crippen LogP contribution in [-0.2, 0) is 0 Å². The highest BCUT2D eigenvalue weighted by Gasteiger charge is 2.31. The molecular formula is C10H22ClNO. The molecule has 13 heavy (non-hydrogen) atoms. The summed E-state index contributed by atoms with van der Waals surface area (Å²) in [4.78, 5) is 2.20. The molecule has 0 atom stereocenters. The lowest BCUT2D eigenvalue weighted by Crippen LogP contribution is -2.38. The third kappa shape index (κ3) is 3.84. The van der Waals surface area contributed by atoms with Crippen molar-refractivity contribution < 1.29 is 5.11 Å². The molecule has 3 heteroatoms. The number of aliphatic hydroxyl groups is 1. The van der Waals surface area contributed by atoms with E-state index < -0.39 is 0 Å². The molecule has 0 amide bonds. The summed E-state index contributed by atoms with van der Waals surface area (Å²) in [6.07, 6.45) is 6.38. The maximum Gasteiger partial charge on any atom is 0.0499 e. The zero-order valence-electron chi connectivity index (χ0n) is 8.75. The van der Waals surface area contributed by atoms with Crippen molar-refractivity contribution in [3.8, 4) is 0 Å². The molecule has 0 aromatic carbocycles. The molecule has 0 radical (unpaired) electrons. The molecule has 0 bridgehead atoms. The highest BCUT2D eigenvalue weighted by Crippen LogP contribution is 2.35. The highest BCUT2D eigenvalue weighted by molar-refractivity contribution is 5.85. The number of hydrogen-bond acceptors (Lipinski definition) is 2. The molecule has 0 aromatic rings. The summed E-state index contributed by atoms with van der Waals surface area (Å²) in [5.74, 6) is 0. The molecule has 1 N–H and O–H groups in total. The van der Waals surface area contributed by atoms with E-state index >= 15 is 0 Å². The Bertz CT molecular complexity index is 133. The zero-order chi connectivity index (χ0) is 9.03. The van der Waals surface area contributed by atoms with Crippen LogP contribution >= 0.6 is 12.4 Å². The maximum atomic E-state index is 9.36. The second kappa shape index (κ2) is 5.84. The molecule has 1 aliphatic rings. The van der Waals surface area contributed by atoms with Crippen LogP contribution < -0.4 is 0 Å². The molecule has 1 saturated carbocycles. The average Bonchev–Trinajstić information content (AvgIpc) is 2.05. The lowest BCUT2D eigenvalue weighted by atomic mass is 9.74. The van der Waals surface area contributed by atoms with Gasteiger partial charge in [0.05, 0.1) is 0 Å². The van der Waals surface area contributed by atoms with Crippen molar-refractivity contribution in [2.45, 2.75) is 32.1 Å². The van der Waals surface area contributed by atoms with Gasteiger partial charge in [0, 0.05) is 18.6 Å². The van der Waals surface area contributed by atoms with Crippen molar-refractivity contribution in [2.24, 2.45) is 5.41 Å². The van der Waals surface area contributed by atoms with Crippen LogP contribution in [-0.4, -0.2) is 37.3 Å². The Morgan fingerprint density at radius 1 is 1.15 bits per heavy atom. The SMILES string of the molecule is CN(C)CC1(CO)CCCCC1.Cl. The fourth-order valence-corrected chi connectivity index (χ4v) is 2.34. The quantitative estimate of drug-likeness (QED) is 0.765. The number of halogens is 1. The van der Waals surface area contributed by atoms with Crippen LogP contribution in [0.15, 0.2) is 0 Å². The normalized spacial score (nSPS) is 21.2. The fraction of sp³-hybridized carbons (Fsp3) is 1.00. The number of hydrogen-bond donors (Lipinski definition) is 1. The van der Waals surface area contributed by atoms with Gasteiger partial charge in [-0.2, -0.15) is 0 Å². The first-order valence-electron chi connectivity index (χ1n) is 4.94. The smallest absolute Gasteiger partial charge is 0.0499 e. The second-order valence-electron chi connectivity index (χ2n) is 4.46. The Labute approximate surface area is 87.7 Å². The summed E-state index contributed by atoms with van der Waals surface area (Å²) in [5, 5.41) is 9.36. The Hall–Kier alpha value is 0.210. The van der Waals surface area contributed by atoms with Gasteiger partial charge in [-0.15, -0.1) is 12.4 Å². The monoisotopic (exact) mass is 207 g/mol. The van der Waals surface area contributed by atoms with Crippen molar-refractivity contribution in [3.63, 3.8) is 0 Å². The fourth-order valence-electron chi connectivity index (χ4n) is 2.34. The minimum Gasteiger partial charge on any atom is -0.396 e. The van der Waals surface area contributed by atoms with Crippen molar-refractivity contribution in [3.05, 3.63) is 0 Å². The average molecular weight is 208 g/mol. The molecule has 2 nitrogen and oxygen atoms in total. The lowest BCUT2D eigenvalue weighted by Gasteiger charge is -2.37. The largest absolute Gasteiger partial charge is 0.396 e. The number of rotatable bonds is 3. The second-order valence-corrected chi connectivity index (χ2v) is 4.46. The predicted octanol–water partition coefficient (Wildman–Crippen LogP) is 1.91. The van der Waals surface area contributed by atoms with Crippen molar-refractivity contribution >= 4 is 12.4 Å². The summed E-state index contributed by atoms with van der Waals surface area (Å²) < 4.78 is 0. The summed E-state index contributed by atoms with van der Waals surface area (Å²) in [6, 6.07) is 0. The molecule has 0 aromatic heterocycles. The Morgan fingerprint density at radius 3 is 2.08 bits per heavy atom. The predicted molar refractivity (Wildman–Crippen MR) is 58.4 cm³/mol. The number of aliphatic hydroxyl groups excluding tert-OH is 1. The Balaban J connectivity index is 0.00000144. The molecule has 0 heterocycles. The first kappa shape index (κ1) is 13.2. The molecule has 80 valence electrons. The zero-order valence-corrected chi connectivity index (χ0v) is 9.57. The van der Waals surface area contributed by atoms with Crippen LogP contribution in [0.25, 0.3) is 0 Å². The Kier molecular flexibility index (Phi) is 5.93. The van der Waals surface area contributed by atoms with Gasteiger partial charge in [-0.25, -0.2) is 0 Å². The molecule has 1 rings (SSSR count). The summed E-state index contributed by atoms with van der Waals surface area (Å²) in [7, 11) is 4.18. The van der Waals surface area contributed by atoms with E-state index in [0.717, 1.165) is 6.54 Å². The Morgan fingerprint density at radius 2 is 1.69 bits per heavy atom. The topological polar surface area (TPSA) is 23.5 Å². The van der Waals surface area contributed by atoms with Gasteiger partial charge >= 0.3 is 0 Å². The summed E-state index contributed by atoms with van der Waals surface area (Å²) >= 11 is 0. The lowest BCUT2D eigenvalue weighted by molar-refractivity contribution is 0.0554. The van der Waals surface area contributed by atoms with Gasteiger partial charge in [-0.05, 0) is 26.9 Å². The minimum atomic E-state index is 0. The van der Waals surface area contributed by atoms with E-state index in [1.807, 2.05) is 0 Å². The molecular weight excluding hydrogens is 186 g/mol. The van der Waals surface area contributed by atoms with Crippen molar-refractivity contribution in [2.75, 3.05) is 27.2 Å². The van der Waals surface area contributed by atoms with Crippen LogP contribution in [0.4, 0.5) is 0 Å². The van der Waals surface area contributed by atoms with Gasteiger partial charge in [0.15, 0.2) is 0 Å². The molecule has 0 aliphatic heterocycles. The van der Waals surface area contributed by atoms with Gasteiger partial charge < -0.3 is 10.0 Å². The van der Waals surface area contributed by atoms with Crippen LogP contribution in [0, 0.1) is 5.41 Å².